The van der Waals surface area contributed by atoms with Crippen LogP contribution in [-0.2, 0) is 9.47 Å². The van der Waals surface area contributed by atoms with Crippen molar-refractivity contribution in [3.8, 4) is 0 Å². The van der Waals surface area contributed by atoms with Gasteiger partial charge in [-0.2, -0.15) is 23.5 Å². The third kappa shape index (κ3) is 6.05. The molecule has 0 aliphatic carbocycles. The van der Waals surface area contributed by atoms with E-state index < -0.39 is 0 Å². The Hall–Kier alpha value is 0.620. The van der Waals surface area contributed by atoms with E-state index in [0.29, 0.717) is 5.92 Å². The first-order valence-corrected chi connectivity index (χ1v) is 7.83. The van der Waals surface area contributed by atoms with Gasteiger partial charge in [-0.3, -0.25) is 0 Å². The number of ether oxygens (including phenoxy) is 2. The molecule has 2 nitrogen and oxygen atoms in total. The minimum absolute atomic E-state index is 0.639. The summed E-state index contributed by atoms with van der Waals surface area (Å²) in [5, 5.41) is 1.61. The molecule has 2 aliphatic heterocycles. The van der Waals surface area contributed by atoms with Gasteiger partial charge in [-0.05, 0) is 12.3 Å². The van der Waals surface area contributed by atoms with Crippen LogP contribution in [0, 0.1) is 5.92 Å². The highest BCUT2D eigenvalue weighted by atomic mass is 32.2. The summed E-state index contributed by atoms with van der Waals surface area (Å²) in [5.41, 5.74) is 0. The summed E-state index contributed by atoms with van der Waals surface area (Å²) in [5.74, 6) is 3.24. The Morgan fingerprint density at radius 1 is 1.13 bits per heavy atom. The highest BCUT2D eigenvalue weighted by Crippen LogP contribution is 2.30. The van der Waals surface area contributed by atoms with Crippen molar-refractivity contribution in [1.29, 1.82) is 0 Å². The first-order valence-electron chi connectivity index (χ1n) is 5.73. The Bertz CT molecular complexity index is 181. The Morgan fingerprint density at radius 2 is 1.73 bits per heavy atom. The van der Waals surface area contributed by atoms with Gasteiger partial charge in [0, 0.05) is 35.2 Å². The van der Waals surface area contributed by atoms with Crippen molar-refractivity contribution in [2.45, 2.75) is 23.8 Å². The van der Waals surface area contributed by atoms with Gasteiger partial charge in [0.2, 0.25) is 0 Å². The lowest BCUT2D eigenvalue weighted by Gasteiger charge is -2.11. The molecule has 0 aromatic carbocycles. The third-order valence-corrected chi connectivity index (χ3v) is 4.45. The van der Waals surface area contributed by atoms with Crippen LogP contribution in [0.15, 0.2) is 0 Å². The predicted octanol–water partition coefficient (Wildman–Crippen LogP) is 2.28. The van der Waals surface area contributed by atoms with Gasteiger partial charge in [0.1, 0.15) is 0 Å². The fourth-order valence-electron chi connectivity index (χ4n) is 1.31. The van der Waals surface area contributed by atoms with E-state index in [9.17, 15) is 0 Å². The van der Waals surface area contributed by atoms with Crippen LogP contribution < -0.4 is 0 Å². The molecule has 0 aromatic rings. The van der Waals surface area contributed by atoms with Gasteiger partial charge in [0.25, 0.3) is 0 Å². The topological polar surface area (TPSA) is 18.5 Å². The number of hydrogen-bond donors (Lipinski definition) is 0. The fourth-order valence-corrected chi connectivity index (χ4v) is 2.16. The zero-order valence-electron chi connectivity index (χ0n) is 9.31. The summed E-state index contributed by atoms with van der Waals surface area (Å²) >= 11 is 4.00. The van der Waals surface area contributed by atoms with Crippen LogP contribution in [0.2, 0.25) is 0 Å². The summed E-state index contributed by atoms with van der Waals surface area (Å²) in [6.45, 7) is 5.96. The molecule has 15 heavy (non-hydrogen) atoms. The lowest BCUT2D eigenvalue weighted by atomic mass is 10.1. The van der Waals surface area contributed by atoms with Crippen molar-refractivity contribution in [2.24, 2.45) is 5.92 Å². The molecule has 0 N–H and O–H groups in total. The maximum absolute atomic E-state index is 5.63. The minimum Gasteiger partial charge on any atom is -0.380 e. The molecule has 2 fully saturated rings. The molecule has 0 saturated carbocycles. The van der Waals surface area contributed by atoms with Crippen LogP contribution in [0.1, 0.15) is 13.3 Å². The summed E-state index contributed by atoms with van der Waals surface area (Å²) in [4.78, 5) is 0. The molecular weight excluding hydrogens is 228 g/mol. The van der Waals surface area contributed by atoms with E-state index in [1.54, 1.807) is 0 Å². The van der Waals surface area contributed by atoms with Crippen LogP contribution in [-0.4, -0.2) is 48.4 Å². The number of rotatable bonds is 9. The highest BCUT2D eigenvalue weighted by molar-refractivity contribution is 8.07. The minimum atomic E-state index is 0.639. The first kappa shape index (κ1) is 12.1. The van der Waals surface area contributed by atoms with Crippen molar-refractivity contribution >= 4 is 23.5 Å². The van der Waals surface area contributed by atoms with Gasteiger partial charge in [-0.1, -0.05) is 6.92 Å². The van der Waals surface area contributed by atoms with Gasteiger partial charge in [-0.25, -0.2) is 0 Å². The average molecular weight is 248 g/mol. The standard InChI is InChI=1S/C11H20O2S2/c1-9(4-13-6-11-8-15-11)2-3-12-5-10-7-14-10/h9-11H,2-8H2,1H3. The van der Waals surface area contributed by atoms with Gasteiger partial charge in [-0.15, -0.1) is 0 Å². The molecule has 88 valence electrons. The molecular formula is C11H20O2S2. The van der Waals surface area contributed by atoms with Crippen molar-refractivity contribution in [3.63, 3.8) is 0 Å². The smallest absolute Gasteiger partial charge is 0.0593 e. The monoisotopic (exact) mass is 248 g/mol. The van der Waals surface area contributed by atoms with Crippen molar-refractivity contribution < 1.29 is 9.47 Å². The average Bonchev–Trinajstić information content (AvgIpc) is 3.06. The molecule has 0 radical (unpaired) electrons. The van der Waals surface area contributed by atoms with Crippen LogP contribution in [0.3, 0.4) is 0 Å². The summed E-state index contributed by atoms with van der Waals surface area (Å²) in [6, 6.07) is 0. The largest absolute Gasteiger partial charge is 0.380 e. The van der Waals surface area contributed by atoms with Crippen molar-refractivity contribution in [1.82, 2.24) is 0 Å². The molecule has 0 bridgehead atoms. The van der Waals surface area contributed by atoms with Gasteiger partial charge in [0.05, 0.1) is 13.2 Å². The summed E-state index contributed by atoms with van der Waals surface area (Å²) in [7, 11) is 0. The van der Waals surface area contributed by atoms with Crippen molar-refractivity contribution in [2.75, 3.05) is 37.9 Å². The zero-order chi connectivity index (χ0) is 10.5. The van der Waals surface area contributed by atoms with E-state index in [0.717, 1.165) is 43.3 Å². The second-order valence-corrected chi connectivity index (χ2v) is 7.08. The number of thioether (sulfide) groups is 2. The third-order valence-electron chi connectivity index (χ3n) is 2.57. The second-order valence-electron chi connectivity index (χ2n) is 4.42. The van der Waals surface area contributed by atoms with E-state index in [1.165, 1.54) is 11.5 Å². The molecule has 3 atom stereocenters. The molecule has 0 aromatic heterocycles. The normalized spacial score (nSPS) is 30.2. The fraction of sp³-hybridized carbons (Fsp3) is 1.00. The lowest BCUT2D eigenvalue weighted by molar-refractivity contribution is 0.0814. The maximum Gasteiger partial charge on any atom is 0.0593 e. The quantitative estimate of drug-likeness (QED) is 0.460. The SMILES string of the molecule is CC(CCOCC1CS1)COCC1CS1. The van der Waals surface area contributed by atoms with Crippen molar-refractivity contribution in [3.05, 3.63) is 0 Å². The Labute approximate surface area is 101 Å². The first-order chi connectivity index (χ1) is 7.34. The van der Waals surface area contributed by atoms with Gasteiger partial charge >= 0.3 is 0 Å². The van der Waals surface area contributed by atoms with Gasteiger partial charge < -0.3 is 9.47 Å². The van der Waals surface area contributed by atoms with E-state index in [2.05, 4.69) is 6.92 Å². The second kappa shape index (κ2) is 6.38. The number of hydrogen-bond acceptors (Lipinski definition) is 4. The van der Waals surface area contributed by atoms with Crippen LogP contribution >= 0.6 is 23.5 Å². The molecule has 2 saturated heterocycles. The van der Waals surface area contributed by atoms with Crippen LogP contribution in [0.4, 0.5) is 0 Å². The molecule has 0 amide bonds. The Balaban J connectivity index is 1.35. The molecule has 3 unspecified atom stereocenters. The Morgan fingerprint density at radius 3 is 2.33 bits per heavy atom. The molecule has 0 spiro atoms. The predicted molar refractivity (Wildman–Crippen MR) is 67.9 cm³/mol. The zero-order valence-corrected chi connectivity index (χ0v) is 10.9. The molecule has 4 heteroatoms. The molecule has 2 heterocycles. The van der Waals surface area contributed by atoms with Crippen LogP contribution in [0.5, 0.6) is 0 Å². The van der Waals surface area contributed by atoms with Gasteiger partial charge in [0.15, 0.2) is 0 Å². The summed E-state index contributed by atoms with van der Waals surface area (Å²) < 4.78 is 11.2. The maximum atomic E-state index is 5.63. The van der Waals surface area contributed by atoms with E-state index in [4.69, 9.17) is 9.47 Å². The Kier molecular flexibility index (Phi) is 5.14. The van der Waals surface area contributed by atoms with E-state index in [1.807, 2.05) is 23.5 Å². The molecule has 2 aliphatic rings. The van der Waals surface area contributed by atoms with E-state index >= 15 is 0 Å². The van der Waals surface area contributed by atoms with Crippen LogP contribution in [0.25, 0.3) is 0 Å². The highest BCUT2D eigenvalue weighted by Gasteiger charge is 2.23. The molecule has 2 rings (SSSR count). The van der Waals surface area contributed by atoms with E-state index in [-0.39, 0.29) is 0 Å². The summed E-state index contributed by atoms with van der Waals surface area (Å²) in [6.07, 6.45) is 1.13. The lowest BCUT2D eigenvalue weighted by Crippen LogP contribution is -2.12.